The van der Waals surface area contributed by atoms with Gasteiger partial charge in [-0.3, -0.25) is 14.5 Å². The molecule has 0 aliphatic carbocycles. The van der Waals surface area contributed by atoms with Crippen molar-refractivity contribution in [3.8, 4) is 0 Å². The molecule has 7 heteroatoms. The third-order valence-electron chi connectivity index (χ3n) is 5.36. The van der Waals surface area contributed by atoms with Gasteiger partial charge in [-0.15, -0.1) is 5.10 Å². The summed E-state index contributed by atoms with van der Waals surface area (Å²) < 4.78 is 1.29. The van der Waals surface area contributed by atoms with Gasteiger partial charge in [-0.2, -0.15) is 0 Å². The summed E-state index contributed by atoms with van der Waals surface area (Å²) in [5, 5.41) is 8.58. The lowest BCUT2D eigenvalue weighted by Gasteiger charge is -2.22. The third-order valence-corrected chi connectivity index (χ3v) is 5.36. The second kappa shape index (κ2) is 8.96. The highest BCUT2D eigenvalue weighted by molar-refractivity contribution is 5.77. The van der Waals surface area contributed by atoms with E-state index < -0.39 is 0 Å². The van der Waals surface area contributed by atoms with Crippen LogP contribution in [-0.4, -0.2) is 56.9 Å². The molecule has 0 atom stereocenters. The van der Waals surface area contributed by atoms with Crippen LogP contribution in [0.5, 0.6) is 0 Å². The predicted molar refractivity (Wildman–Crippen MR) is 111 cm³/mol. The number of nitrogens with zero attached hydrogens (tertiary/aromatic N) is 5. The summed E-state index contributed by atoms with van der Waals surface area (Å²) in [7, 11) is 0. The first kappa shape index (κ1) is 19.3. The fourth-order valence-corrected chi connectivity index (χ4v) is 3.75. The van der Waals surface area contributed by atoms with Crippen molar-refractivity contribution in [3.05, 3.63) is 70.5 Å². The lowest BCUT2D eigenvalue weighted by atomic mass is 10.2. The van der Waals surface area contributed by atoms with E-state index in [0.29, 0.717) is 17.4 Å². The Labute approximate surface area is 169 Å². The smallest absolute Gasteiger partial charge is 0.277 e. The van der Waals surface area contributed by atoms with E-state index in [-0.39, 0.29) is 24.4 Å². The molecular weight excluding hydrogens is 366 g/mol. The zero-order chi connectivity index (χ0) is 20.1. The van der Waals surface area contributed by atoms with Gasteiger partial charge in [0, 0.05) is 39.1 Å². The molecule has 0 N–H and O–H groups in total. The maximum atomic E-state index is 12.7. The Balaban J connectivity index is 1.33. The van der Waals surface area contributed by atoms with Gasteiger partial charge in [0.25, 0.3) is 5.56 Å². The first-order valence-corrected chi connectivity index (χ1v) is 10.1. The van der Waals surface area contributed by atoms with Gasteiger partial charge in [0.1, 0.15) is 5.52 Å². The number of rotatable bonds is 5. The summed E-state index contributed by atoms with van der Waals surface area (Å²) in [5.41, 5.74) is 1.67. The summed E-state index contributed by atoms with van der Waals surface area (Å²) in [6.07, 6.45) is 1.21. The molecule has 0 saturated carbocycles. The summed E-state index contributed by atoms with van der Waals surface area (Å²) >= 11 is 0. The van der Waals surface area contributed by atoms with Crippen molar-refractivity contribution < 1.29 is 4.79 Å². The standard InChI is InChI=1S/C22H25N5O2/c28-21(11-14-27-22(29)19-9-4-5-10-20(19)23-24-27)26-13-6-12-25(15-16-26)17-18-7-2-1-3-8-18/h1-5,7-10H,6,11-17H2. The summed E-state index contributed by atoms with van der Waals surface area (Å²) in [6.45, 7) is 4.46. The average Bonchev–Trinajstić information content (AvgIpc) is 3.00. The highest BCUT2D eigenvalue weighted by Gasteiger charge is 2.19. The van der Waals surface area contributed by atoms with E-state index >= 15 is 0 Å². The number of hydrogen-bond acceptors (Lipinski definition) is 5. The van der Waals surface area contributed by atoms with Crippen molar-refractivity contribution in [1.29, 1.82) is 0 Å². The lowest BCUT2D eigenvalue weighted by molar-refractivity contribution is -0.131. The van der Waals surface area contributed by atoms with Crippen LogP contribution in [0.25, 0.3) is 10.9 Å². The Morgan fingerprint density at radius 2 is 1.72 bits per heavy atom. The summed E-state index contributed by atoms with van der Waals surface area (Å²) in [6, 6.07) is 17.5. The Morgan fingerprint density at radius 1 is 0.931 bits per heavy atom. The van der Waals surface area contributed by atoms with E-state index in [1.165, 1.54) is 10.2 Å². The third kappa shape index (κ3) is 4.68. The molecule has 1 fully saturated rings. The van der Waals surface area contributed by atoms with Gasteiger partial charge < -0.3 is 4.90 Å². The molecule has 1 aliphatic rings. The quantitative estimate of drug-likeness (QED) is 0.665. The van der Waals surface area contributed by atoms with Crippen LogP contribution in [0, 0.1) is 0 Å². The van der Waals surface area contributed by atoms with Crippen molar-refractivity contribution >= 4 is 16.8 Å². The van der Waals surface area contributed by atoms with E-state index in [9.17, 15) is 9.59 Å². The first-order chi connectivity index (χ1) is 14.2. The topological polar surface area (TPSA) is 71.3 Å². The van der Waals surface area contributed by atoms with Crippen LogP contribution in [-0.2, 0) is 17.9 Å². The molecular formula is C22H25N5O2. The number of aromatic nitrogens is 3. The molecule has 1 amide bonds. The second-order valence-electron chi connectivity index (χ2n) is 7.38. The number of fused-ring (bicyclic) bond motifs is 1. The fourth-order valence-electron chi connectivity index (χ4n) is 3.75. The van der Waals surface area contributed by atoms with E-state index in [2.05, 4.69) is 39.5 Å². The van der Waals surface area contributed by atoms with E-state index in [1.807, 2.05) is 17.0 Å². The van der Waals surface area contributed by atoms with Gasteiger partial charge in [-0.1, -0.05) is 47.7 Å². The minimum absolute atomic E-state index is 0.0634. The molecule has 2 heterocycles. The highest BCUT2D eigenvalue weighted by atomic mass is 16.2. The maximum Gasteiger partial charge on any atom is 0.277 e. The van der Waals surface area contributed by atoms with Crippen LogP contribution in [0.2, 0.25) is 0 Å². The highest BCUT2D eigenvalue weighted by Crippen LogP contribution is 2.10. The SMILES string of the molecule is O=C(CCn1nnc2ccccc2c1=O)N1CCCN(Cc2ccccc2)CC1. The van der Waals surface area contributed by atoms with Gasteiger partial charge >= 0.3 is 0 Å². The molecule has 1 saturated heterocycles. The monoisotopic (exact) mass is 391 g/mol. The van der Waals surface area contributed by atoms with E-state index in [0.717, 1.165) is 32.6 Å². The van der Waals surface area contributed by atoms with Crippen molar-refractivity contribution in [2.75, 3.05) is 26.2 Å². The molecule has 0 spiro atoms. The normalized spacial score (nSPS) is 15.4. The molecule has 0 radical (unpaired) electrons. The molecule has 4 rings (SSSR count). The van der Waals surface area contributed by atoms with Gasteiger partial charge in [0.2, 0.25) is 5.91 Å². The molecule has 7 nitrogen and oxygen atoms in total. The van der Waals surface area contributed by atoms with E-state index in [1.54, 1.807) is 18.2 Å². The largest absolute Gasteiger partial charge is 0.341 e. The van der Waals surface area contributed by atoms with Crippen LogP contribution in [0.15, 0.2) is 59.4 Å². The number of amides is 1. The number of aryl methyl sites for hydroxylation is 1. The number of carbonyl (C=O) groups excluding carboxylic acids is 1. The van der Waals surface area contributed by atoms with Gasteiger partial charge in [0.05, 0.1) is 11.9 Å². The van der Waals surface area contributed by atoms with Gasteiger partial charge in [-0.05, 0) is 24.1 Å². The Hall–Kier alpha value is -3.06. The van der Waals surface area contributed by atoms with Crippen LogP contribution in [0.3, 0.4) is 0 Å². The molecule has 1 aliphatic heterocycles. The summed E-state index contributed by atoms with van der Waals surface area (Å²) in [4.78, 5) is 29.5. The number of benzene rings is 2. The van der Waals surface area contributed by atoms with E-state index in [4.69, 9.17) is 0 Å². The number of hydrogen-bond donors (Lipinski definition) is 0. The predicted octanol–water partition coefficient (Wildman–Crippen LogP) is 1.92. The minimum atomic E-state index is -0.201. The zero-order valence-corrected chi connectivity index (χ0v) is 16.4. The minimum Gasteiger partial charge on any atom is -0.341 e. The molecule has 150 valence electrons. The molecule has 0 bridgehead atoms. The zero-order valence-electron chi connectivity index (χ0n) is 16.4. The van der Waals surface area contributed by atoms with Crippen LogP contribution in [0.4, 0.5) is 0 Å². The first-order valence-electron chi connectivity index (χ1n) is 10.1. The average molecular weight is 391 g/mol. The lowest BCUT2D eigenvalue weighted by Crippen LogP contribution is -2.36. The van der Waals surface area contributed by atoms with Crippen LogP contribution < -0.4 is 5.56 Å². The van der Waals surface area contributed by atoms with Crippen molar-refractivity contribution in [2.24, 2.45) is 0 Å². The van der Waals surface area contributed by atoms with Crippen molar-refractivity contribution in [1.82, 2.24) is 24.8 Å². The van der Waals surface area contributed by atoms with Crippen molar-refractivity contribution in [3.63, 3.8) is 0 Å². The Kier molecular flexibility index (Phi) is 5.95. The molecule has 2 aromatic carbocycles. The number of carbonyl (C=O) groups is 1. The van der Waals surface area contributed by atoms with Crippen LogP contribution in [0.1, 0.15) is 18.4 Å². The fraction of sp³-hybridized carbons (Fsp3) is 0.364. The maximum absolute atomic E-state index is 12.7. The molecule has 29 heavy (non-hydrogen) atoms. The van der Waals surface area contributed by atoms with Gasteiger partial charge in [0.15, 0.2) is 0 Å². The van der Waals surface area contributed by atoms with Crippen LogP contribution >= 0.6 is 0 Å². The Bertz CT molecular complexity index is 1030. The Morgan fingerprint density at radius 3 is 2.59 bits per heavy atom. The molecule has 3 aromatic rings. The molecule has 1 aromatic heterocycles. The summed E-state index contributed by atoms with van der Waals surface area (Å²) in [5.74, 6) is 0.0634. The second-order valence-corrected chi connectivity index (χ2v) is 7.38. The van der Waals surface area contributed by atoms with Crippen molar-refractivity contribution in [2.45, 2.75) is 25.9 Å². The molecule has 0 unspecified atom stereocenters. The van der Waals surface area contributed by atoms with Gasteiger partial charge in [-0.25, -0.2) is 4.68 Å².